The minimum absolute atomic E-state index is 0.540. The zero-order valence-corrected chi connectivity index (χ0v) is 7.69. The molecule has 0 amide bonds. The molecule has 0 N–H and O–H groups in total. The Labute approximate surface area is 81.6 Å². The second kappa shape index (κ2) is 3.35. The Balaban J connectivity index is 2.85. The lowest BCUT2D eigenvalue weighted by Crippen LogP contribution is -1.89. The zero-order chi connectivity index (χ0) is 9.97. The van der Waals surface area contributed by atoms with Crippen LogP contribution in [0.1, 0.15) is 5.56 Å². The molecule has 14 heavy (non-hydrogen) atoms. The molecule has 2 aromatic rings. The first kappa shape index (κ1) is 8.52. The average molecular weight is 183 g/mol. The van der Waals surface area contributed by atoms with Crippen LogP contribution in [0.4, 0.5) is 0 Å². The van der Waals surface area contributed by atoms with Gasteiger partial charge in [-0.1, -0.05) is 0 Å². The monoisotopic (exact) mass is 183 g/mol. The number of aromatic nitrogens is 1. The lowest BCUT2D eigenvalue weighted by Gasteiger charge is -2.04. The number of methoxy groups -OCH3 is 1. The number of rotatable bonds is 1. The summed E-state index contributed by atoms with van der Waals surface area (Å²) >= 11 is 0. The summed E-state index contributed by atoms with van der Waals surface area (Å²) in [5, 5.41) is 9.82. The van der Waals surface area contributed by atoms with E-state index in [-0.39, 0.29) is 0 Å². The van der Waals surface area contributed by atoms with E-state index in [9.17, 15) is 0 Å². The fourth-order valence-corrected chi connectivity index (χ4v) is 1.42. The van der Waals surface area contributed by atoms with Gasteiger partial charge in [0.1, 0.15) is 17.4 Å². The van der Waals surface area contributed by atoms with E-state index in [2.05, 4.69) is 11.1 Å². The lowest BCUT2D eigenvalue weighted by atomic mass is 9.94. The molecule has 1 aromatic heterocycles. The SMILES string of the molecule is COc1ccc2ncccc2c1[11C]#N. The van der Waals surface area contributed by atoms with Crippen LogP contribution < -0.4 is 4.74 Å². The first-order chi connectivity index (χ1) is 6.86. The average Bonchev–Trinajstić information content (AvgIpc) is 2.27. The van der Waals surface area contributed by atoms with Gasteiger partial charge in [0, 0.05) is 11.6 Å². The van der Waals surface area contributed by atoms with Crippen LogP contribution in [0.25, 0.3) is 10.9 Å². The van der Waals surface area contributed by atoms with Crippen LogP contribution >= 0.6 is 0 Å². The van der Waals surface area contributed by atoms with Crippen LogP contribution in [0, 0.1) is 11.3 Å². The van der Waals surface area contributed by atoms with Crippen molar-refractivity contribution in [2.24, 2.45) is 0 Å². The molecule has 0 atom stereocenters. The summed E-state index contributed by atoms with van der Waals surface area (Å²) in [6.07, 6.45) is 1.70. The highest BCUT2D eigenvalue weighted by atomic mass is 16.5. The normalized spacial score (nSPS) is 9.71. The molecule has 0 aliphatic rings. The van der Waals surface area contributed by atoms with Gasteiger partial charge in [0.25, 0.3) is 0 Å². The fraction of sp³-hybridized carbons (Fsp3) is 0.0909. The third-order valence-corrected chi connectivity index (χ3v) is 2.08. The summed E-state index contributed by atoms with van der Waals surface area (Å²) < 4.78 is 5.09. The maximum Gasteiger partial charge on any atom is 0.137 e. The molecule has 0 fully saturated rings. The Morgan fingerprint density at radius 1 is 1.36 bits per heavy atom. The number of nitriles is 1. The van der Waals surface area contributed by atoms with Crippen LogP contribution in [-0.4, -0.2) is 12.1 Å². The number of ether oxygens (including phenoxy) is 1. The molecule has 0 spiro atoms. The van der Waals surface area contributed by atoms with Crippen LogP contribution in [0.15, 0.2) is 30.5 Å². The number of benzene rings is 1. The highest BCUT2D eigenvalue weighted by Crippen LogP contribution is 2.25. The number of fused-ring (bicyclic) bond motifs is 1. The molecule has 3 heteroatoms. The van der Waals surface area contributed by atoms with Crippen LogP contribution in [0.5, 0.6) is 5.75 Å². The van der Waals surface area contributed by atoms with Gasteiger partial charge in [-0.3, -0.25) is 4.98 Å². The Morgan fingerprint density at radius 2 is 2.21 bits per heavy atom. The Kier molecular flexibility index (Phi) is 2.04. The van der Waals surface area contributed by atoms with Gasteiger partial charge in [-0.25, -0.2) is 0 Å². The van der Waals surface area contributed by atoms with Gasteiger partial charge in [0.15, 0.2) is 0 Å². The third-order valence-electron chi connectivity index (χ3n) is 2.08. The van der Waals surface area contributed by atoms with Crippen molar-refractivity contribution in [3.05, 3.63) is 36.0 Å². The van der Waals surface area contributed by atoms with Gasteiger partial charge in [-0.15, -0.1) is 0 Å². The molecule has 0 aliphatic heterocycles. The quantitative estimate of drug-likeness (QED) is 0.680. The van der Waals surface area contributed by atoms with E-state index < -0.39 is 0 Å². The van der Waals surface area contributed by atoms with E-state index in [1.165, 1.54) is 0 Å². The molecule has 0 unspecified atom stereocenters. The third kappa shape index (κ3) is 1.17. The molecule has 1 aromatic carbocycles. The Bertz CT molecular complexity index is 514. The van der Waals surface area contributed by atoms with Gasteiger partial charge in [-0.2, -0.15) is 5.26 Å². The van der Waals surface area contributed by atoms with Gasteiger partial charge < -0.3 is 4.74 Å². The van der Waals surface area contributed by atoms with Crippen LogP contribution in [-0.2, 0) is 0 Å². The molecule has 68 valence electrons. The predicted octanol–water partition coefficient (Wildman–Crippen LogP) is 2.12. The molecular formula is C11H8N2O. The maximum absolute atomic E-state index is 8.99. The number of hydrogen-bond donors (Lipinski definition) is 0. The standard InChI is InChI=1S/C11H8N2O/c1-14-11-5-4-10-8(9(11)7-12)3-2-6-13-10/h2-6H,1H3/i7-1. The summed E-state index contributed by atoms with van der Waals surface area (Å²) in [7, 11) is 1.55. The minimum Gasteiger partial charge on any atom is -0.495 e. The van der Waals surface area contributed by atoms with Crippen LogP contribution in [0.3, 0.4) is 0 Å². The number of pyridine rings is 1. The number of nitrogens with zero attached hydrogens (tertiary/aromatic N) is 2. The van der Waals surface area contributed by atoms with Gasteiger partial charge in [-0.05, 0) is 24.3 Å². The molecule has 0 saturated heterocycles. The van der Waals surface area contributed by atoms with E-state index in [1.807, 2.05) is 18.2 Å². The molecule has 0 bridgehead atoms. The van der Waals surface area contributed by atoms with Crippen LogP contribution in [0.2, 0.25) is 0 Å². The van der Waals surface area contributed by atoms with E-state index in [1.54, 1.807) is 19.4 Å². The van der Waals surface area contributed by atoms with E-state index in [0.717, 1.165) is 10.9 Å². The lowest BCUT2D eigenvalue weighted by molar-refractivity contribution is 0.414. The summed E-state index contributed by atoms with van der Waals surface area (Å²) in [6.45, 7) is 0. The minimum atomic E-state index is 0.540. The molecular weight excluding hydrogens is 175 g/mol. The van der Waals surface area contributed by atoms with Crippen molar-refractivity contribution in [3.8, 4) is 11.8 Å². The molecule has 0 radical (unpaired) electrons. The highest BCUT2D eigenvalue weighted by molar-refractivity contribution is 5.87. The van der Waals surface area contributed by atoms with Crippen molar-refractivity contribution in [1.29, 1.82) is 5.26 Å². The van der Waals surface area contributed by atoms with E-state index in [4.69, 9.17) is 10.00 Å². The summed E-state index contributed by atoms with van der Waals surface area (Å²) in [6, 6.07) is 9.40. The van der Waals surface area contributed by atoms with Crippen molar-refractivity contribution < 1.29 is 4.74 Å². The molecule has 3 nitrogen and oxygen atoms in total. The molecule has 0 aliphatic carbocycles. The second-order valence-electron chi connectivity index (χ2n) is 2.82. The Morgan fingerprint density at radius 3 is 2.93 bits per heavy atom. The molecule has 1 heterocycles. The van der Waals surface area contributed by atoms with Gasteiger partial charge in [0.05, 0.1) is 12.6 Å². The fourth-order valence-electron chi connectivity index (χ4n) is 1.42. The number of hydrogen-bond acceptors (Lipinski definition) is 3. The summed E-state index contributed by atoms with van der Waals surface area (Å²) in [4.78, 5) is 4.16. The summed E-state index contributed by atoms with van der Waals surface area (Å²) in [5.41, 5.74) is 1.35. The topological polar surface area (TPSA) is 45.9 Å². The first-order valence-corrected chi connectivity index (χ1v) is 4.18. The largest absolute Gasteiger partial charge is 0.495 e. The van der Waals surface area contributed by atoms with Crippen molar-refractivity contribution in [1.82, 2.24) is 4.98 Å². The first-order valence-electron chi connectivity index (χ1n) is 4.18. The molecule has 0 saturated carbocycles. The maximum atomic E-state index is 8.99. The van der Waals surface area contributed by atoms with Crippen molar-refractivity contribution in [3.63, 3.8) is 0 Å². The highest BCUT2D eigenvalue weighted by Gasteiger charge is 2.06. The van der Waals surface area contributed by atoms with Crippen molar-refractivity contribution in [2.75, 3.05) is 7.11 Å². The predicted molar refractivity (Wildman–Crippen MR) is 53.0 cm³/mol. The van der Waals surface area contributed by atoms with E-state index in [0.29, 0.717) is 11.3 Å². The van der Waals surface area contributed by atoms with Gasteiger partial charge >= 0.3 is 0 Å². The van der Waals surface area contributed by atoms with Crippen molar-refractivity contribution >= 4 is 10.9 Å². The second-order valence-corrected chi connectivity index (χ2v) is 2.82. The molecule has 2 rings (SSSR count). The zero-order valence-electron chi connectivity index (χ0n) is 7.69. The summed E-state index contributed by atoms with van der Waals surface area (Å²) in [5.74, 6) is 0.591. The smallest absolute Gasteiger partial charge is 0.137 e. The Hall–Kier alpha value is -2.08. The van der Waals surface area contributed by atoms with Gasteiger partial charge in [0.2, 0.25) is 0 Å². The van der Waals surface area contributed by atoms with E-state index >= 15 is 0 Å². The van der Waals surface area contributed by atoms with Crippen molar-refractivity contribution in [2.45, 2.75) is 0 Å².